The second-order valence-electron chi connectivity index (χ2n) is 7.43. The standard InChI is InChI=1S/C22H20FN7S/c1-14-11-16(15(2)30(14)28-12-25-26-13-28)21-20(18-8-5-6-10-24-18)27-22(31)29(21)19-9-4-3-7-17(19)23/h3-13,20-21H,1-2H3,(H,27,31)/t20-,21-/m0/s1. The van der Waals surface area contributed by atoms with Crippen molar-refractivity contribution in [3.05, 3.63) is 95.8 Å². The number of aryl methyl sites for hydroxylation is 1. The van der Waals surface area contributed by atoms with Gasteiger partial charge in [0, 0.05) is 23.1 Å². The van der Waals surface area contributed by atoms with Crippen molar-refractivity contribution < 1.29 is 4.39 Å². The fraction of sp³-hybridized carbons (Fsp3) is 0.182. The highest BCUT2D eigenvalue weighted by Crippen LogP contribution is 2.43. The Kier molecular flexibility index (Phi) is 4.74. The molecule has 4 heterocycles. The van der Waals surface area contributed by atoms with Crippen LogP contribution in [-0.2, 0) is 0 Å². The lowest BCUT2D eigenvalue weighted by Gasteiger charge is -2.28. The zero-order valence-corrected chi connectivity index (χ0v) is 17.8. The summed E-state index contributed by atoms with van der Waals surface area (Å²) in [7, 11) is 0. The van der Waals surface area contributed by atoms with E-state index in [1.807, 2.05) is 52.4 Å². The Labute approximate surface area is 184 Å². The number of thiocarbonyl (C=S) groups is 1. The van der Waals surface area contributed by atoms with Crippen LogP contribution < -0.4 is 10.2 Å². The lowest BCUT2D eigenvalue weighted by molar-refractivity contribution is 0.550. The molecule has 0 unspecified atom stereocenters. The van der Waals surface area contributed by atoms with E-state index in [9.17, 15) is 4.39 Å². The molecule has 5 rings (SSSR count). The largest absolute Gasteiger partial charge is 0.351 e. The van der Waals surface area contributed by atoms with Gasteiger partial charge in [0.2, 0.25) is 0 Å². The maximum absolute atomic E-state index is 14.9. The van der Waals surface area contributed by atoms with Crippen molar-refractivity contribution in [2.24, 2.45) is 0 Å². The molecular weight excluding hydrogens is 413 g/mol. The van der Waals surface area contributed by atoms with Gasteiger partial charge in [-0.25, -0.2) is 9.07 Å². The van der Waals surface area contributed by atoms with Gasteiger partial charge in [-0.3, -0.25) is 9.66 Å². The summed E-state index contributed by atoms with van der Waals surface area (Å²) in [6.07, 6.45) is 5.04. The minimum absolute atomic E-state index is 0.247. The van der Waals surface area contributed by atoms with E-state index >= 15 is 0 Å². The molecule has 0 saturated carbocycles. The Morgan fingerprint density at radius 2 is 1.77 bits per heavy atom. The van der Waals surface area contributed by atoms with Crippen molar-refractivity contribution in [1.82, 2.24) is 29.9 Å². The van der Waals surface area contributed by atoms with Crippen molar-refractivity contribution >= 4 is 23.0 Å². The summed E-state index contributed by atoms with van der Waals surface area (Å²) >= 11 is 5.69. The predicted molar refractivity (Wildman–Crippen MR) is 119 cm³/mol. The summed E-state index contributed by atoms with van der Waals surface area (Å²) < 4.78 is 18.7. The van der Waals surface area contributed by atoms with E-state index in [-0.39, 0.29) is 17.9 Å². The molecule has 1 N–H and O–H groups in total. The Morgan fingerprint density at radius 1 is 1.03 bits per heavy atom. The maximum atomic E-state index is 14.9. The molecular formula is C22H20FN7S. The highest BCUT2D eigenvalue weighted by atomic mass is 32.1. The molecule has 0 bridgehead atoms. The van der Waals surface area contributed by atoms with Crippen molar-refractivity contribution in [3.63, 3.8) is 0 Å². The van der Waals surface area contributed by atoms with Crippen LogP contribution in [0.5, 0.6) is 0 Å². The quantitative estimate of drug-likeness (QED) is 0.495. The number of nitrogens with zero attached hydrogens (tertiary/aromatic N) is 6. The van der Waals surface area contributed by atoms with Gasteiger partial charge in [-0.05, 0) is 56.4 Å². The Bertz CT molecular complexity index is 1240. The normalized spacial score (nSPS) is 18.4. The second-order valence-corrected chi connectivity index (χ2v) is 7.81. The molecule has 7 nitrogen and oxygen atoms in total. The molecule has 4 aromatic rings. The zero-order chi connectivity index (χ0) is 21.5. The van der Waals surface area contributed by atoms with Gasteiger partial charge in [0.1, 0.15) is 18.5 Å². The van der Waals surface area contributed by atoms with E-state index < -0.39 is 0 Å². The summed E-state index contributed by atoms with van der Waals surface area (Å²) in [5.41, 5.74) is 4.26. The molecule has 9 heteroatoms. The van der Waals surface area contributed by atoms with Crippen LogP contribution in [0.15, 0.2) is 67.4 Å². The third kappa shape index (κ3) is 3.17. The molecule has 1 fully saturated rings. The van der Waals surface area contributed by atoms with Crippen LogP contribution in [0.4, 0.5) is 10.1 Å². The van der Waals surface area contributed by atoms with Crippen molar-refractivity contribution in [3.8, 4) is 0 Å². The van der Waals surface area contributed by atoms with E-state index in [1.54, 1.807) is 31.0 Å². The second kappa shape index (κ2) is 7.59. The van der Waals surface area contributed by atoms with Crippen molar-refractivity contribution in [2.45, 2.75) is 25.9 Å². The lowest BCUT2D eigenvalue weighted by Crippen LogP contribution is -2.30. The molecule has 1 aromatic carbocycles. The summed E-state index contributed by atoms with van der Waals surface area (Å²) in [6, 6.07) is 14.0. The Balaban J connectivity index is 1.70. The van der Waals surface area contributed by atoms with Crippen LogP contribution in [-0.4, -0.2) is 29.6 Å². The van der Waals surface area contributed by atoms with E-state index in [1.165, 1.54) is 6.07 Å². The average Bonchev–Trinajstić information content (AvgIpc) is 3.47. The smallest absolute Gasteiger partial charge is 0.174 e. The number of hydrogen-bond acceptors (Lipinski definition) is 4. The number of aromatic nitrogens is 5. The number of rotatable bonds is 4. The SMILES string of the molecule is Cc1cc([C@H]2[C@H](c3ccccn3)NC(=S)N2c2ccccc2F)c(C)n1-n1cnnc1. The molecule has 156 valence electrons. The molecule has 2 atom stereocenters. The number of pyridine rings is 1. The molecule has 3 aromatic heterocycles. The first-order valence-corrected chi connectivity index (χ1v) is 10.3. The van der Waals surface area contributed by atoms with E-state index in [4.69, 9.17) is 12.2 Å². The van der Waals surface area contributed by atoms with Crippen LogP contribution >= 0.6 is 12.2 Å². The van der Waals surface area contributed by atoms with Gasteiger partial charge >= 0.3 is 0 Å². The molecule has 0 amide bonds. The summed E-state index contributed by atoms with van der Waals surface area (Å²) in [4.78, 5) is 6.41. The molecule has 0 aliphatic carbocycles. The summed E-state index contributed by atoms with van der Waals surface area (Å²) in [5, 5.41) is 11.7. The van der Waals surface area contributed by atoms with Crippen LogP contribution in [0.2, 0.25) is 0 Å². The number of nitrogens with one attached hydrogen (secondary N) is 1. The average molecular weight is 434 g/mol. The topological polar surface area (TPSA) is 63.8 Å². The molecule has 31 heavy (non-hydrogen) atoms. The van der Waals surface area contributed by atoms with Crippen LogP contribution in [0.3, 0.4) is 0 Å². The van der Waals surface area contributed by atoms with Crippen LogP contribution in [0.1, 0.15) is 34.7 Å². The van der Waals surface area contributed by atoms with Crippen LogP contribution in [0.25, 0.3) is 0 Å². The first kappa shape index (κ1) is 19.4. The van der Waals surface area contributed by atoms with E-state index in [0.29, 0.717) is 10.8 Å². The predicted octanol–water partition coefficient (Wildman–Crippen LogP) is 3.72. The first-order valence-electron chi connectivity index (χ1n) is 9.85. The number of para-hydroxylation sites is 1. The Morgan fingerprint density at radius 3 is 2.48 bits per heavy atom. The Hall–Kier alpha value is -3.59. The third-order valence-corrected chi connectivity index (χ3v) is 5.91. The van der Waals surface area contributed by atoms with Gasteiger partial charge in [0.25, 0.3) is 0 Å². The van der Waals surface area contributed by atoms with Gasteiger partial charge in [-0.15, -0.1) is 10.2 Å². The molecule has 0 radical (unpaired) electrons. The van der Waals surface area contributed by atoms with Gasteiger partial charge in [-0.2, -0.15) is 0 Å². The molecule has 1 aliphatic rings. The monoisotopic (exact) mass is 433 g/mol. The first-order chi connectivity index (χ1) is 15.1. The number of halogens is 1. The van der Waals surface area contributed by atoms with E-state index in [0.717, 1.165) is 22.6 Å². The summed E-state index contributed by atoms with van der Waals surface area (Å²) in [5.74, 6) is -0.328. The lowest BCUT2D eigenvalue weighted by atomic mass is 9.96. The minimum atomic E-state index is -0.328. The van der Waals surface area contributed by atoms with E-state index in [2.05, 4.69) is 26.6 Å². The van der Waals surface area contributed by atoms with Crippen LogP contribution in [0, 0.1) is 19.7 Å². The molecule has 1 aliphatic heterocycles. The maximum Gasteiger partial charge on any atom is 0.174 e. The van der Waals surface area contributed by atoms with Gasteiger partial charge in [-0.1, -0.05) is 18.2 Å². The van der Waals surface area contributed by atoms with Gasteiger partial charge < -0.3 is 10.2 Å². The number of benzene rings is 1. The summed E-state index contributed by atoms with van der Waals surface area (Å²) in [6.45, 7) is 4.04. The van der Waals surface area contributed by atoms with Gasteiger partial charge in [0.05, 0.1) is 23.5 Å². The molecule has 1 saturated heterocycles. The minimum Gasteiger partial charge on any atom is -0.351 e. The van der Waals surface area contributed by atoms with Gasteiger partial charge in [0.15, 0.2) is 5.11 Å². The van der Waals surface area contributed by atoms with Crippen molar-refractivity contribution in [1.29, 1.82) is 0 Å². The number of anilines is 1. The van der Waals surface area contributed by atoms with Crippen molar-refractivity contribution in [2.75, 3.05) is 4.90 Å². The highest BCUT2D eigenvalue weighted by Gasteiger charge is 2.43. The fourth-order valence-corrected chi connectivity index (χ4v) is 4.65. The third-order valence-electron chi connectivity index (χ3n) is 5.60. The highest BCUT2D eigenvalue weighted by molar-refractivity contribution is 7.80. The molecule has 0 spiro atoms. The zero-order valence-electron chi connectivity index (χ0n) is 17.0. The fourth-order valence-electron chi connectivity index (χ4n) is 4.31. The number of hydrogen-bond donors (Lipinski definition) is 1.